The SMILES string of the molecule is COCCNC(C)CC(N)=O. The fraction of sp³-hybridized carbons (Fsp3) is 0.857. The first-order valence-corrected chi connectivity index (χ1v) is 3.67. The molecule has 0 radical (unpaired) electrons. The van der Waals surface area contributed by atoms with Crippen LogP contribution in [-0.2, 0) is 9.53 Å². The summed E-state index contributed by atoms with van der Waals surface area (Å²) in [6.45, 7) is 3.33. The van der Waals surface area contributed by atoms with Gasteiger partial charge in [0.25, 0.3) is 0 Å². The normalized spacial score (nSPS) is 12.9. The lowest BCUT2D eigenvalue weighted by atomic mass is 10.2. The number of methoxy groups -OCH3 is 1. The number of nitrogens with two attached hydrogens (primary N) is 1. The lowest BCUT2D eigenvalue weighted by Gasteiger charge is -2.10. The fourth-order valence-corrected chi connectivity index (χ4v) is 0.781. The van der Waals surface area contributed by atoms with E-state index in [0.29, 0.717) is 13.0 Å². The van der Waals surface area contributed by atoms with Crippen molar-refractivity contribution < 1.29 is 9.53 Å². The van der Waals surface area contributed by atoms with Crippen molar-refractivity contribution in [1.29, 1.82) is 0 Å². The molecule has 0 rings (SSSR count). The van der Waals surface area contributed by atoms with E-state index in [1.165, 1.54) is 0 Å². The summed E-state index contributed by atoms with van der Waals surface area (Å²) >= 11 is 0. The van der Waals surface area contributed by atoms with Gasteiger partial charge < -0.3 is 15.8 Å². The number of ether oxygens (including phenoxy) is 1. The molecule has 0 saturated heterocycles. The highest BCUT2D eigenvalue weighted by Gasteiger charge is 2.03. The molecule has 0 spiro atoms. The van der Waals surface area contributed by atoms with E-state index in [-0.39, 0.29) is 11.9 Å². The quantitative estimate of drug-likeness (QED) is 0.514. The third-order valence-electron chi connectivity index (χ3n) is 1.31. The Balaban J connectivity index is 3.22. The van der Waals surface area contributed by atoms with Crippen molar-refractivity contribution in [2.75, 3.05) is 20.3 Å². The Morgan fingerprint density at radius 3 is 2.82 bits per heavy atom. The standard InChI is InChI=1S/C7H16N2O2/c1-6(5-7(8)10)9-3-4-11-2/h6,9H,3-5H2,1-2H3,(H2,8,10). The van der Waals surface area contributed by atoms with Crippen molar-refractivity contribution in [2.45, 2.75) is 19.4 Å². The first-order chi connectivity index (χ1) is 5.16. The highest BCUT2D eigenvalue weighted by Crippen LogP contribution is 1.87. The van der Waals surface area contributed by atoms with E-state index in [9.17, 15) is 4.79 Å². The maximum absolute atomic E-state index is 10.4. The van der Waals surface area contributed by atoms with Gasteiger partial charge in [-0.3, -0.25) is 4.79 Å². The molecule has 0 aromatic rings. The van der Waals surface area contributed by atoms with Crippen LogP contribution in [0.2, 0.25) is 0 Å². The van der Waals surface area contributed by atoms with Gasteiger partial charge >= 0.3 is 0 Å². The smallest absolute Gasteiger partial charge is 0.218 e. The predicted octanol–water partition coefficient (Wildman–Crippen LogP) is -0.514. The van der Waals surface area contributed by atoms with E-state index in [1.54, 1.807) is 7.11 Å². The fourth-order valence-electron chi connectivity index (χ4n) is 0.781. The summed E-state index contributed by atoms with van der Waals surface area (Å²) in [5, 5.41) is 3.09. The molecule has 0 aromatic carbocycles. The van der Waals surface area contributed by atoms with Crippen LogP contribution in [0, 0.1) is 0 Å². The predicted molar refractivity (Wildman–Crippen MR) is 43.2 cm³/mol. The van der Waals surface area contributed by atoms with Crippen LogP contribution in [0.4, 0.5) is 0 Å². The zero-order chi connectivity index (χ0) is 8.69. The van der Waals surface area contributed by atoms with Crippen molar-refractivity contribution in [1.82, 2.24) is 5.32 Å². The Labute approximate surface area is 67.1 Å². The molecule has 0 aliphatic heterocycles. The zero-order valence-corrected chi connectivity index (χ0v) is 7.09. The number of nitrogens with one attached hydrogen (secondary N) is 1. The molecule has 4 nitrogen and oxygen atoms in total. The van der Waals surface area contributed by atoms with Gasteiger partial charge in [-0.1, -0.05) is 0 Å². The highest BCUT2D eigenvalue weighted by atomic mass is 16.5. The first kappa shape index (κ1) is 10.4. The molecule has 0 aromatic heterocycles. The van der Waals surface area contributed by atoms with E-state index < -0.39 is 0 Å². The minimum atomic E-state index is -0.276. The topological polar surface area (TPSA) is 64.3 Å². The van der Waals surface area contributed by atoms with E-state index in [4.69, 9.17) is 10.5 Å². The molecule has 1 unspecified atom stereocenters. The van der Waals surface area contributed by atoms with Gasteiger partial charge in [0.2, 0.25) is 5.91 Å². The molecule has 0 fully saturated rings. The Bertz CT molecular complexity index is 117. The van der Waals surface area contributed by atoms with Crippen molar-refractivity contribution in [3.8, 4) is 0 Å². The average molecular weight is 160 g/mol. The molecule has 0 saturated carbocycles. The Hall–Kier alpha value is -0.610. The maximum Gasteiger partial charge on any atom is 0.218 e. The Morgan fingerprint density at radius 2 is 2.36 bits per heavy atom. The van der Waals surface area contributed by atoms with Crippen LogP contribution in [0.3, 0.4) is 0 Å². The summed E-state index contributed by atoms with van der Waals surface area (Å²) in [5.74, 6) is -0.276. The van der Waals surface area contributed by atoms with Crippen LogP contribution in [0.25, 0.3) is 0 Å². The molecule has 0 aliphatic carbocycles. The molecule has 1 atom stereocenters. The summed E-state index contributed by atoms with van der Waals surface area (Å²) in [6, 6.07) is 0.141. The van der Waals surface area contributed by atoms with E-state index in [1.807, 2.05) is 6.92 Å². The Morgan fingerprint density at radius 1 is 1.73 bits per heavy atom. The minimum absolute atomic E-state index is 0.141. The summed E-state index contributed by atoms with van der Waals surface area (Å²) in [5.41, 5.74) is 4.99. The van der Waals surface area contributed by atoms with Gasteiger partial charge in [0.05, 0.1) is 6.61 Å². The number of carbonyl (C=O) groups is 1. The number of hydrogen-bond donors (Lipinski definition) is 2. The molecule has 66 valence electrons. The van der Waals surface area contributed by atoms with Gasteiger partial charge in [0.1, 0.15) is 0 Å². The zero-order valence-electron chi connectivity index (χ0n) is 7.09. The molecular weight excluding hydrogens is 144 g/mol. The Kier molecular flexibility index (Phi) is 5.78. The molecule has 0 heterocycles. The van der Waals surface area contributed by atoms with Crippen LogP contribution in [-0.4, -0.2) is 32.2 Å². The van der Waals surface area contributed by atoms with E-state index >= 15 is 0 Å². The molecular formula is C7H16N2O2. The van der Waals surface area contributed by atoms with Gasteiger partial charge in [-0.2, -0.15) is 0 Å². The van der Waals surface area contributed by atoms with Crippen LogP contribution >= 0.6 is 0 Å². The van der Waals surface area contributed by atoms with Gasteiger partial charge in [-0.05, 0) is 6.92 Å². The number of carbonyl (C=O) groups excluding carboxylic acids is 1. The highest BCUT2D eigenvalue weighted by molar-refractivity contribution is 5.74. The van der Waals surface area contributed by atoms with Crippen LogP contribution < -0.4 is 11.1 Å². The van der Waals surface area contributed by atoms with Crippen molar-refractivity contribution in [2.24, 2.45) is 5.73 Å². The van der Waals surface area contributed by atoms with E-state index in [2.05, 4.69) is 5.32 Å². The van der Waals surface area contributed by atoms with Crippen LogP contribution in [0.5, 0.6) is 0 Å². The minimum Gasteiger partial charge on any atom is -0.383 e. The molecule has 11 heavy (non-hydrogen) atoms. The van der Waals surface area contributed by atoms with E-state index in [0.717, 1.165) is 6.54 Å². The van der Waals surface area contributed by atoms with Gasteiger partial charge in [-0.15, -0.1) is 0 Å². The second-order valence-corrected chi connectivity index (χ2v) is 2.52. The largest absolute Gasteiger partial charge is 0.383 e. The maximum atomic E-state index is 10.4. The van der Waals surface area contributed by atoms with Gasteiger partial charge in [0.15, 0.2) is 0 Å². The summed E-state index contributed by atoms with van der Waals surface area (Å²) < 4.78 is 4.82. The molecule has 0 bridgehead atoms. The molecule has 3 N–H and O–H groups in total. The number of primary amides is 1. The van der Waals surface area contributed by atoms with Crippen LogP contribution in [0.15, 0.2) is 0 Å². The third-order valence-corrected chi connectivity index (χ3v) is 1.31. The molecule has 1 amide bonds. The van der Waals surface area contributed by atoms with Crippen molar-refractivity contribution in [3.63, 3.8) is 0 Å². The summed E-state index contributed by atoms with van der Waals surface area (Å²) in [7, 11) is 1.64. The number of hydrogen-bond acceptors (Lipinski definition) is 3. The van der Waals surface area contributed by atoms with Crippen molar-refractivity contribution >= 4 is 5.91 Å². The van der Waals surface area contributed by atoms with Gasteiger partial charge in [-0.25, -0.2) is 0 Å². The summed E-state index contributed by atoms with van der Waals surface area (Å²) in [4.78, 5) is 10.4. The van der Waals surface area contributed by atoms with Crippen LogP contribution in [0.1, 0.15) is 13.3 Å². The monoisotopic (exact) mass is 160 g/mol. The lowest BCUT2D eigenvalue weighted by Crippen LogP contribution is -2.33. The second-order valence-electron chi connectivity index (χ2n) is 2.52. The number of amides is 1. The lowest BCUT2D eigenvalue weighted by molar-refractivity contribution is -0.118. The third kappa shape index (κ3) is 7.29. The second kappa shape index (κ2) is 6.12. The average Bonchev–Trinajstić information content (AvgIpc) is 1.86. The molecule has 0 aliphatic rings. The van der Waals surface area contributed by atoms with Crippen molar-refractivity contribution in [3.05, 3.63) is 0 Å². The number of rotatable bonds is 6. The summed E-state index contributed by atoms with van der Waals surface area (Å²) in [6.07, 6.45) is 0.379. The first-order valence-electron chi connectivity index (χ1n) is 3.67. The van der Waals surface area contributed by atoms with Gasteiger partial charge in [0, 0.05) is 26.1 Å². The molecule has 4 heteroatoms.